The maximum atomic E-state index is 11.8. The molecule has 0 saturated carbocycles. The molecule has 2 amide bonds. The van der Waals surface area contributed by atoms with Crippen molar-refractivity contribution < 1.29 is 19.5 Å². The van der Waals surface area contributed by atoms with Crippen LogP contribution < -0.4 is 10.6 Å². The van der Waals surface area contributed by atoms with Gasteiger partial charge in [-0.2, -0.15) is 0 Å². The molecule has 0 spiro atoms. The van der Waals surface area contributed by atoms with Gasteiger partial charge in [-0.25, -0.2) is 4.79 Å². The maximum Gasteiger partial charge on any atom is 0.326 e. The molecule has 7 heteroatoms. The fourth-order valence-electron chi connectivity index (χ4n) is 2.25. The van der Waals surface area contributed by atoms with E-state index in [0.717, 1.165) is 12.8 Å². The van der Waals surface area contributed by atoms with E-state index in [0.29, 0.717) is 12.8 Å². The maximum absolute atomic E-state index is 11.8. The van der Waals surface area contributed by atoms with E-state index in [4.69, 9.17) is 5.11 Å². The van der Waals surface area contributed by atoms with Gasteiger partial charge < -0.3 is 15.7 Å². The molecule has 3 N–H and O–H groups in total. The molecule has 134 valence electrons. The highest BCUT2D eigenvalue weighted by Crippen LogP contribution is 2.17. The Labute approximate surface area is 146 Å². The first kappa shape index (κ1) is 20.2. The number of carboxylic acids is 1. The standard InChI is InChI=1S/C17H26N2O4S/c1-11(2)9-14(17(22)23)19-16(21)10-18-15(20)6-4-5-13-8-7-12(3)24-13/h7-8,11,14H,4-6,9-10H2,1-3H3,(H,18,20)(H,19,21)(H,22,23)/t14-/m0/s1. The second-order valence-electron chi connectivity index (χ2n) is 6.23. The molecule has 0 aliphatic carbocycles. The number of nitrogens with one attached hydrogen (secondary N) is 2. The third-order valence-electron chi connectivity index (χ3n) is 3.41. The van der Waals surface area contributed by atoms with Gasteiger partial charge in [0.25, 0.3) is 0 Å². The predicted molar refractivity (Wildman–Crippen MR) is 94.0 cm³/mol. The molecular weight excluding hydrogens is 328 g/mol. The van der Waals surface area contributed by atoms with Crippen molar-refractivity contribution in [3.63, 3.8) is 0 Å². The molecule has 1 rings (SSSR count). The fourth-order valence-corrected chi connectivity index (χ4v) is 3.18. The number of aryl methyl sites for hydroxylation is 2. The summed E-state index contributed by atoms with van der Waals surface area (Å²) in [5.74, 6) is -1.59. The quantitative estimate of drug-likeness (QED) is 0.600. The highest BCUT2D eigenvalue weighted by molar-refractivity contribution is 7.11. The molecular formula is C17H26N2O4S. The summed E-state index contributed by atoms with van der Waals surface area (Å²) in [5.41, 5.74) is 0. The number of thiophene rings is 1. The minimum atomic E-state index is -1.06. The van der Waals surface area contributed by atoms with E-state index >= 15 is 0 Å². The van der Waals surface area contributed by atoms with Crippen LogP contribution in [0.3, 0.4) is 0 Å². The highest BCUT2D eigenvalue weighted by atomic mass is 32.1. The molecule has 0 aliphatic heterocycles. The van der Waals surface area contributed by atoms with E-state index in [9.17, 15) is 14.4 Å². The summed E-state index contributed by atoms with van der Waals surface area (Å²) in [7, 11) is 0. The Morgan fingerprint density at radius 2 is 1.92 bits per heavy atom. The van der Waals surface area contributed by atoms with Crippen LogP contribution in [0, 0.1) is 12.8 Å². The van der Waals surface area contributed by atoms with Crippen LogP contribution in [0.15, 0.2) is 12.1 Å². The average molecular weight is 354 g/mol. The first-order chi connectivity index (χ1) is 11.3. The lowest BCUT2D eigenvalue weighted by Crippen LogP contribution is -2.46. The van der Waals surface area contributed by atoms with Gasteiger partial charge in [0.2, 0.25) is 11.8 Å². The molecule has 1 aromatic rings. The minimum Gasteiger partial charge on any atom is -0.480 e. The zero-order valence-electron chi connectivity index (χ0n) is 14.4. The smallest absolute Gasteiger partial charge is 0.326 e. The van der Waals surface area contributed by atoms with Crippen molar-refractivity contribution in [2.75, 3.05) is 6.54 Å². The zero-order chi connectivity index (χ0) is 18.1. The Bertz CT molecular complexity index is 569. The lowest BCUT2D eigenvalue weighted by atomic mass is 10.0. The molecule has 0 fully saturated rings. The first-order valence-corrected chi connectivity index (χ1v) is 8.93. The van der Waals surface area contributed by atoms with E-state index in [1.165, 1.54) is 9.75 Å². The molecule has 1 aromatic heterocycles. The summed E-state index contributed by atoms with van der Waals surface area (Å²) in [6.45, 7) is 5.62. The van der Waals surface area contributed by atoms with Crippen molar-refractivity contribution in [1.29, 1.82) is 0 Å². The van der Waals surface area contributed by atoms with Gasteiger partial charge in [0, 0.05) is 16.2 Å². The van der Waals surface area contributed by atoms with Crippen LogP contribution >= 0.6 is 11.3 Å². The topological polar surface area (TPSA) is 95.5 Å². The van der Waals surface area contributed by atoms with Gasteiger partial charge in [0.1, 0.15) is 6.04 Å². The normalized spacial score (nSPS) is 12.0. The second-order valence-corrected chi connectivity index (χ2v) is 7.60. The number of rotatable bonds is 10. The van der Waals surface area contributed by atoms with Gasteiger partial charge >= 0.3 is 5.97 Å². The van der Waals surface area contributed by atoms with Crippen LogP contribution in [0.25, 0.3) is 0 Å². The van der Waals surface area contributed by atoms with E-state index < -0.39 is 17.9 Å². The Kier molecular flexibility index (Phi) is 8.46. The number of amides is 2. The van der Waals surface area contributed by atoms with E-state index in [1.54, 1.807) is 11.3 Å². The Hall–Kier alpha value is -1.89. The van der Waals surface area contributed by atoms with Crippen LogP contribution in [-0.4, -0.2) is 35.5 Å². The summed E-state index contributed by atoms with van der Waals surface area (Å²) in [6.07, 6.45) is 2.26. The van der Waals surface area contributed by atoms with Gasteiger partial charge in [-0.05, 0) is 44.2 Å². The molecule has 0 unspecified atom stereocenters. The molecule has 1 atom stereocenters. The Morgan fingerprint density at radius 1 is 1.21 bits per heavy atom. The molecule has 0 saturated heterocycles. The van der Waals surface area contributed by atoms with E-state index in [2.05, 4.69) is 22.8 Å². The first-order valence-electron chi connectivity index (χ1n) is 8.12. The summed E-state index contributed by atoms with van der Waals surface area (Å²) < 4.78 is 0. The van der Waals surface area contributed by atoms with E-state index in [1.807, 2.05) is 20.8 Å². The zero-order valence-corrected chi connectivity index (χ0v) is 15.2. The summed E-state index contributed by atoms with van der Waals surface area (Å²) in [6, 6.07) is 3.20. The van der Waals surface area contributed by atoms with Gasteiger partial charge in [-0.1, -0.05) is 13.8 Å². The predicted octanol–water partition coefficient (Wildman–Crippen LogP) is 2.11. The lowest BCUT2D eigenvalue weighted by Gasteiger charge is -2.16. The average Bonchev–Trinajstić information content (AvgIpc) is 2.89. The molecule has 24 heavy (non-hydrogen) atoms. The van der Waals surface area contributed by atoms with Gasteiger partial charge in [0.05, 0.1) is 6.54 Å². The molecule has 0 aliphatic rings. The highest BCUT2D eigenvalue weighted by Gasteiger charge is 2.21. The molecule has 1 heterocycles. The van der Waals surface area contributed by atoms with Gasteiger partial charge in [-0.3, -0.25) is 9.59 Å². The van der Waals surface area contributed by atoms with Crippen LogP contribution in [0.2, 0.25) is 0 Å². The number of carbonyl (C=O) groups is 3. The van der Waals surface area contributed by atoms with E-state index in [-0.39, 0.29) is 18.4 Å². The van der Waals surface area contributed by atoms with Crippen molar-refractivity contribution in [3.05, 3.63) is 21.9 Å². The number of aliphatic carboxylic acids is 1. The lowest BCUT2D eigenvalue weighted by molar-refractivity contribution is -0.142. The number of carboxylic acid groups (broad SMARTS) is 1. The second kappa shape index (κ2) is 10.1. The van der Waals surface area contributed by atoms with Crippen molar-refractivity contribution in [3.8, 4) is 0 Å². The SMILES string of the molecule is Cc1ccc(CCCC(=O)NCC(=O)N[C@@H](CC(C)C)C(=O)O)s1. The monoisotopic (exact) mass is 354 g/mol. The van der Waals surface area contributed by atoms with Gasteiger partial charge in [-0.15, -0.1) is 11.3 Å². The molecule has 0 aromatic carbocycles. The largest absolute Gasteiger partial charge is 0.480 e. The van der Waals surface area contributed by atoms with Crippen LogP contribution in [0.1, 0.15) is 42.9 Å². The van der Waals surface area contributed by atoms with Crippen molar-refractivity contribution in [2.24, 2.45) is 5.92 Å². The number of carbonyl (C=O) groups excluding carboxylic acids is 2. The molecule has 6 nitrogen and oxygen atoms in total. The van der Waals surface area contributed by atoms with Crippen molar-refractivity contribution in [1.82, 2.24) is 10.6 Å². The summed E-state index contributed by atoms with van der Waals surface area (Å²) >= 11 is 1.72. The van der Waals surface area contributed by atoms with Gasteiger partial charge in [0.15, 0.2) is 0 Å². The number of hydrogen-bond acceptors (Lipinski definition) is 4. The molecule has 0 radical (unpaired) electrons. The summed E-state index contributed by atoms with van der Waals surface area (Å²) in [4.78, 5) is 37.1. The minimum absolute atomic E-state index is 0.155. The van der Waals surface area contributed by atoms with Crippen LogP contribution in [0.4, 0.5) is 0 Å². The fraction of sp³-hybridized carbons (Fsp3) is 0.588. The molecule has 0 bridgehead atoms. The number of hydrogen-bond donors (Lipinski definition) is 3. The Balaban J connectivity index is 2.24. The van der Waals surface area contributed by atoms with Crippen molar-refractivity contribution >= 4 is 29.1 Å². The van der Waals surface area contributed by atoms with Crippen molar-refractivity contribution in [2.45, 2.75) is 52.5 Å². The third-order valence-corrected chi connectivity index (χ3v) is 4.47. The summed E-state index contributed by atoms with van der Waals surface area (Å²) in [5, 5.41) is 14.0. The van der Waals surface area contributed by atoms with Crippen LogP contribution in [-0.2, 0) is 20.8 Å². The van der Waals surface area contributed by atoms with Crippen LogP contribution in [0.5, 0.6) is 0 Å². The Morgan fingerprint density at radius 3 is 2.46 bits per heavy atom. The third kappa shape index (κ3) is 8.10.